The Morgan fingerprint density at radius 1 is 1.20 bits per heavy atom. The highest BCUT2D eigenvalue weighted by Crippen LogP contribution is 2.26. The van der Waals surface area contributed by atoms with Gasteiger partial charge in [0.05, 0.1) is 0 Å². The van der Waals surface area contributed by atoms with Crippen LogP contribution in [0.3, 0.4) is 0 Å². The van der Waals surface area contributed by atoms with Gasteiger partial charge < -0.3 is 10.1 Å². The molecule has 0 aliphatic heterocycles. The van der Waals surface area contributed by atoms with Crippen molar-refractivity contribution in [2.75, 3.05) is 5.32 Å². The molecular weight excluding hydrogens is 318 g/mol. The number of aromatic amines is 1. The van der Waals surface area contributed by atoms with Crippen molar-refractivity contribution in [1.29, 1.82) is 0 Å². The van der Waals surface area contributed by atoms with Crippen LogP contribution in [0.15, 0.2) is 42.9 Å². The van der Waals surface area contributed by atoms with Gasteiger partial charge in [-0.1, -0.05) is 0 Å². The normalized spacial score (nSPS) is 12.6. The average Bonchev–Trinajstić information content (AvgIpc) is 3.25. The molecule has 25 heavy (non-hydrogen) atoms. The van der Waals surface area contributed by atoms with Crippen molar-refractivity contribution in [1.82, 2.24) is 20.2 Å². The van der Waals surface area contributed by atoms with Crippen LogP contribution in [0.4, 0.5) is 5.82 Å². The molecule has 0 saturated heterocycles. The standard InChI is InChI=1S/C18H17N5O2/c24-18(16-13-3-1-4-14(13)22-23-16)21-17-15(5-2-8-20-17)25-11-12-6-9-19-10-7-12/h2,5-10H,1,3-4,11H2,(H,22,23)(H,20,21,24). The molecule has 1 aliphatic carbocycles. The maximum atomic E-state index is 12.6. The van der Waals surface area contributed by atoms with E-state index >= 15 is 0 Å². The van der Waals surface area contributed by atoms with E-state index in [4.69, 9.17) is 4.74 Å². The van der Waals surface area contributed by atoms with Gasteiger partial charge in [0.1, 0.15) is 6.61 Å². The summed E-state index contributed by atoms with van der Waals surface area (Å²) in [6.07, 6.45) is 7.91. The highest BCUT2D eigenvalue weighted by molar-refractivity contribution is 6.04. The van der Waals surface area contributed by atoms with Crippen LogP contribution in [0.2, 0.25) is 0 Å². The fraction of sp³-hybridized carbons (Fsp3) is 0.222. The molecule has 7 nitrogen and oxygen atoms in total. The summed E-state index contributed by atoms with van der Waals surface area (Å²) in [6.45, 7) is 0.370. The van der Waals surface area contributed by atoms with E-state index < -0.39 is 0 Å². The lowest BCUT2D eigenvalue weighted by molar-refractivity contribution is 0.102. The number of amides is 1. The van der Waals surface area contributed by atoms with Gasteiger partial charge in [0.2, 0.25) is 0 Å². The first-order valence-electron chi connectivity index (χ1n) is 8.15. The van der Waals surface area contributed by atoms with Crippen LogP contribution >= 0.6 is 0 Å². The molecular formula is C18H17N5O2. The van der Waals surface area contributed by atoms with Gasteiger partial charge in [0.25, 0.3) is 5.91 Å². The van der Waals surface area contributed by atoms with Crippen molar-refractivity contribution in [3.8, 4) is 5.75 Å². The number of ether oxygens (including phenoxy) is 1. The number of aromatic nitrogens is 4. The first-order valence-corrected chi connectivity index (χ1v) is 8.15. The van der Waals surface area contributed by atoms with Gasteiger partial charge in [-0.25, -0.2) is 4.98 Å². The van der Waals surface area contributed by atoms with E-state index in [-0.39, 0.29) is 5.91 Å². The number of H-pyrrole nitrogens is 1. The SMILES string of the molecule is O=C(Nc1ncccc1OCc1ccncc1)c1n[nH]c2c1CCC2. The van der Waals surface area contributed by atoms with Crippen LogP contribution in [-0.2, 0) is 19.4 Å². The number of aryl methyl sites for hydroxylation is 1. The van der Waals surface area contributed by atoms with E-state index in [1.807, 2.05) is 12.1 Å². The van der Waals surface area contributed by atoms with E-state index in [0.717, 1.165) is 36.1 Å². The summed E-state index contributed by atoms with van der Waals surface area (Å²) >= 11 is 0. The molecule has 3 aromatic rings. The van der Waals surface area contributed by atoms with Gasteiger partial charge in [-0.2, -0.15) is 5.10 Å². The smallest absolute Gasteiger partial charge is 0.277 e. The Morgan fingerprint density at radius 3 is 2.96 bits per heavy atom. The zero-order valence-corrected chi connectivity index (χ0v) is 13.5. The number of fused-ring (bicyclic) bond motifs is 1. The minimum atomic E-state index is -0.271. The first kappa shape index (κ1) is 15.3. The number of nitrogens with zero attached hydrogens (tertiary/aromatic N) is 3. The summed E-state index contributed by atoms with van der Waals surface area (Å²) in [7, 11) is 0. The highest BCUT2D eigenvalue weighted by atomic mass is 16.5. The molecule has 0 atom stereocenters. The second-order valence-corrected chi connectivity index (χ2v) is 5.83. The molecule has 126 valence electrons. The molecule has 7 heteroatoms. The molecule has 3 aromatic heterocycles. The van der Waals surface area contributed by atoms with E-state index in [9.17, 15) is 4.79 Å². The van der Waals surface area contributed by atoms with Gasteiger partial charge >= 0.3 is 0 Å². The number of hydrogen-bond acceptors (Lipinski definition) is 5. The van der Waals surface area contributed by atoms with Crippen molar-refractivity contribution < 1.29 is 9.53 Å². The Labute approximate surface area is 144 Å². The third kappa shape index (κ3) is 3.21. The van der Waals surface area contributed by atoms with Gasteiger partial charge in [-0.3, -0.25) is 14.9 Å². The van der Waals surface area contributed by atoms with Crippen molar-refractivity contribution in [3.63, 3.8) is 0 Å². The molecule has 0 spiro atoms. The topological polar surface area (TPSA) is 92.8 Å². The predicted molar refractivity (Wildman–Crippen MR) is 91.4 cm³/mol. The van der Waals surface area contributed by atoms with Crippen molar-refractivity contribution in [2.45, 2.75) is 25.9 Å². The molecule has 1 aliphatic rings. The Morgan fingerprint density at radius 2 is 2.08 bits per heavy atom. The van der Waals surface area contributed by atoms with E-state index in [1.165, 1.54) is 0 Å². The number of carbonyl (C=O) groups excluding carboxylic acids is 1. The van der Waals surface area contributed by atoms with Crippen LogP contribution in [0.1, 0.15) is 33.7 Å². The van der Waals surface area contributed by atoms with Crippen LogP contribution in [0, 0.1) is 0 Å². The summed E-state index contributed by atoms with van der Waals surface area (Å²) in [4.78, 5) is 20.8. The second kappa shape index (κ2) is 6.72. The fourth-order valence-electron chi connectivity index (χ4n) is 2.91. The monoisotopic (exact) mass is 335 g/mol. The Hall–Kier alpha value is -3.22. The van der Waals surface area contributed by atoms with Crippen LogP contribution in [0.5, 0.6) is 5.75 Å². The molecule has 0 aromatic carbocycles. The van der Waals surface area contributed by atoms with Gasteiger partial charge in [0, 0.05) is 29.8 Å². The molecule has 4 rings (SSSR count). The second-order valence-electron chi connectivity index (χ2n) is 5.83. The Balaban J connectivity index is 1.49. The summed E-state index contributed by atoms with van der Waals surface area (Å²) in [5.74, 6) is 0.628. The average molecular weight is 335 g/mol. The van der Waals surface area contributed by atoms with Crippen molar-refractivity contribution in [3.05, 3.63) is 65.4 Å². The lowest BCUT2D eigenvalue weighted by Crippen LogP contribution is -2.16. The van der Waals surface area contributed by atoms with Gasteiger partial charge in [0.15, 0.2) is 17.3 Å². The summed E-state index contributed by atoms with van der Waals surface area (Å²) < 4.78 is 5.80. The van der Waals surface area contributed by atoms with Gasteiger partial charge in [-0.15, -0.1) is 0 Å². The lowest BCUT2D eigenvalue weighted by atomic mass is 10.2. The Kier molecular flexibility index (Phi) is 4.12. The number of nitrogens with one attached hydrogen (secondary N) is 2. The van der Waals surface area contributed by atoms with E-state index in [2.05, 4.69) is 25.5 Å². The molecule has 0 unspecified atom stereocenters. The zero-order valence-electron chi connectivity index (χ0n) is 13.5. The quantitative estimate of drug-likeness (QED) is 0.747. The Bertz CT molecular complexity index is 891. The molecule has 0 saturated carbocycles. The third-order valence-electron chi connectivity index (χ3n) is 4.17. The number of anilines is 1. The summed E-state index contributed by atoms with van der Waals surface area (Å²) in [5, 5.41) is 9.90. The first-order chi connectivity index (χ1) is 12.3. The van der Waals surface area contributed by atoms with E-state index in [1.54, 1.807) is 30.7 Å². The number of pyridine rings is 2. The lowest BCUT2D eigenvalue weighted by Gasteiger charge is -2.11. The number of carbonyl (C=O) groups is 1. The molecule has 0 radical (unpaired) electrons. The zero-order chi connectivity index (χ0) is 17.1. The van der Waals surface area contributed by atoms with Crippen LogP contribution < -0.4 is 10.1 Å². The third-order valence-corrected chi connectivity index (χ3v) is 4.17. The maximum Gasteiger partial charge on any atom is 0.277 e. The molecule has 1 amide bonds. The maximum absolute atomic E-state index is 12.6. The minimum absolute atomic E-state index is 0.271. The summed E-state index contributed by atoms with van der Waals surface area (Å²) in [5.41, 5.74) is 3.49. The largest absolute Gasteiger partial charge is 0.485 e. The summed E-state index contributed by atoms with van der Waals surface area (Å²) in [6, 6.07) is 7.30. The molecule has 0 fully saturated rings. The highest BCUT2D eigenvalue weighted by Gasteiger charge is 2.23. The van der Waals surface area contributed by atoms with Crippen molar-refractivity contribution in [2.24, 2.45) is 0 Å². The van der Waals surface area contributed by atoms with Crippen molar-refractivity contribution >= 4 is 11.7 Å². The fourth-order valence-corrected chi connectivity index (χ4v) is 2.91. The van der Waals surface area contributed by atoms with Crippen LogP contribution in [-0.4, -0.2) is 26.1 Å². The van der Waals surface area contributed by atoms with Gasteiger partial charge in [-0.05, 0) is 49.1 Å². The molecule has 3 heterocycles. The number of hydrogen-bond donors (Lipinski definition) is 2. The molecule has 2 N–H and O–H groups in total. The van der Waals surface area contributed by atoms with E-state index in [0.29, 0.717) is 23.9 Å². The number of rotatable bonds is 5. The van der Waals surface area contributed by atoms with Crippen LogP contribution in [0.25, 0.3) is 0 Å². The molecule has 0 bridgehead atoms. The minimum Gasteiger partial charge on any atom is -0.485 e. The predicted octanol–water partition coefficient (Wildman–Crippen LogP) is 2.52.